The number of hydrogen-bond donors (Lipinski definition) is 0. The van der Waals surface area contributed by atoms with E-state index in [1.165, 1.54) is 30.6 Å². The van der Waals surface area contributed by atoms with Crippen molar-refractivity contribution >= 4 is 54.6 Å². The molecule has 0 N–H and O–H groups in total. The van der Waals surface area contributed by atoms with Gasteiger partial charge in [0.1, 0.15) is 11.6 Å². The SMILES string of the molecule is CN1CCC[C@H]1CN1Cc2cc(Cl)ccc2-n2c(nnc2C2CCN(c3ccccn3)CC2)C1.Cl.Cl.Cl. The number of anilines is 1. The number of nitrogens with zero attached hydrogens (tertiary/aromatic N) is 7. The lowest BCUT2D eigenvalue weighted by atomic mass is 9.95. The van der Waals surface area contributed by atoms with Crippen LogP contribution < -0.4 is 4.90 Å². The van der Waals surface area contributed by atoms with Crippen molar-refractivity contribution in [3.63, 3.8) is 0 Å². The lowest BCUT2D eigenvalue weighted by molar-refractivity contribution is 0.179. The Morgan fingerprint density at radius 3 is 2.46 bits per heavy atom. The summed E-state index contributed by atoms with van der Waals surface area (Å²) in [5.74, 6) is 3.59. The highest BCUT2D eigenvalue weighted by Crippen LogP contribution is 2.34. The largest absolute Gasteiger partial charge is 0.357 e. The van der Waals surface area contributed by atoms with Gasteiger partial charge in [-0.2, -0.15) is 0 Å². The first kappa shape index (κ1) is 29.9. The maximum Gasteiger partial charge on any atom is 0.151 e. The monoisotopic (exact) mass is 585 g/mol. The molecule has 6 rings (SSSR count). The third-order valence-corrected chi connectivity index (χ3v) is 8.01. The van der Waals surface area contributed by atoms with Gasteiger partial charge in [-0.1, -0.05) is 17.7 Å². The third kappa shape index (κ3) is 6.18. The van der Waals surface area contributed by atoms with Crippen molar-refractivity contribution in [3.05, 3.63) is 64.8 Å². The van der Waals surface area contributed by atoms with E-state index in [-0.39, 0.29) is 37.2 Å². The predicted molar refractivity (Wildman–Crippen MR) is 156 cm³/mol. The average molecular weight is 587 g/mol. The summed E-state index contributed by atoms with van der Waals surface area (Å²) >= 11 is 6.46. The van der Waals surface area contributed by atoms with Crippen molar-refractivity contribution in [1.29, 1.82) is 0 Å². The van der Waals surface area contributed by atoms with Crippen LogP contribution in [-0.2, 0) is 13.1 Å². The molecule has 37 heavy (non-hydrogen) atoms. The van der Waals surface area contributed by atoms with Crippen LogP contribution in [0.2, 0.25) is 5.02 Å². The number of pyridine rings is 1. The van der Waals surface area contributed by atoms with Crippen molar-refractivity contribution in [1.82, 2.24) is 29.5 Å². The summed E-state index contributed by atoms with van der Waals surface area (Å²) in [6.07, 6.45) is 6.52. The molecule has 1 aromatic carbocycles. The van der Waals surface area contributed by atoms with Crippen molar-refractivity contribution in [3.8, 4) is 5.69 Å². The lowest BCUT2D eigenvalue weighted by Gasteiger charge is -2.32. The summed E-state index contributed by atoms with van der Waals surface area (Å²) in [6, 6.07) is 13.0. The van der Waals surface area contributed by atoms with E-state index in [2.05, 4.69) is 55.6 Å². The van der Waals surface area contributed by atoms with Gasteiger partial charge in [0.25, 0.3) is 0 Å². The van der Waals surface area contributed by atoms with E-state index in [4.69, 9.17) is 21.8 Å². The van der Waals surface area contributed by atoms with Crippen LogP contribution in [0.4, 0.5) is 5.82 Å². The highest BCUT2D eigenvalue weighted by Gasteiger charge is 2.32. The van der Waals surface area contributed by atoms with Crippen LogP contribution in [0.15, 0.2) is 42.6 Å². The molecule has 2 saturated heterocycles. The molecular formula is C26H35Cl4N7. The van der Waals surface area contributed by atoms with Crippen LogP contribution >= 0.6 is 48.8 Å². The maximum atomic E-state index is 6.46. The van der Waals surface area contributed by atoms with Crippen LogP contribution in [0.25, 0.3) is 5.69 Å². The molecule has 0 radical (unpaired) electrons. The maximum absolute atomic E-state index is 6.46. The fraction of sp³-hybridized carbons (Fsp3) is 0.500. The van der Waals surface area contributed by atoms with E-state index in [0.717, 1.165) is 68.1 Å². The summed E-state index contributed by atoms with van der Waals surface area (Å²) in [4.78, 5) is 11.9. The van der Waals surface area contributed by atoms with Crippen LogP contribution in [0, 0.1) is 0 Å². The summed E-state index contributed by atoms with van der Waals surface area (Å²) in [7, 11) is 2.25. The lowest BCUT2D eigenvalue weighted by Crippen LogP contribution is -2.37. The van der Waals surface area contributed by atoms with Gasteiger partial charge < -0.3 is 9.80 Å². The first-order valence-corrected chi connectivity index (χ1v) is 12.8. The minimum atomic E-state index is 0. The first-order chi connectivity index (χ1) is 16.7. The molecule has 1 atom stereocenters. The highest BCUT2D eigenvalue weighted by atomic mass is 35.5. The Morgan fingerprint density at radius 2 is 1.76 bits per heavy atom. The minimum Gasteiger partial charge on any atom is -0.357 e. The van der Waals surface area contributed by atoms with Crippen LogP contribution in [0.1, 0.15) is 48.8 Å². The number of likely N-dealkylation sites (N-methyl/N-ethyl adjacent to an activating group) is 1. The zero-order valence-corrected chi connectivity index (χ0v) is 24.2. The molecule has 3 aromatic rings. The first-order valence-electron chi connectivity index (χ1n) is 12.5. The van der Waals surface area contributed by atoms with Crippen molar-refractivity contribution < 1.29 is 0 Å². The van der Waals surface area contributed by atoms with E-state index in [0.29, 0.717) is 12.0 Å². The van der Waals surface area contributed by atoms with Gasteiger partial charge in [-0.15, -0.1) is 47.4 Å². The normalized spacial score (nSPS) is 20.2. The molecule has 0 saturated carbocycles. The molecule has 7 nitrogen and oxygen atoms in total. The summed E-state index contributed by atoms with van der Waals surface area (Å²) < 4.78 is 2.34. The number of rotatable bonds is 4. The van der Waals surface area contributed by atoms with Crippen molar-refractivity contribution in [2.24, 2.45) is 0 Å². The number of aromatic nitrogens is 4. The quantitative estimate of drug-likeness (QED) is 0.409. The molecule has 3 aliphatic heterocycles. The number of hydrogen-bond acceptors (Lipinski definition) is 6. The molecule has 0 bridgehead atoms. The van der Waals surface area contributed by atoms with Crippen LogP contribution in [0.3, 0.4) is 0 Å². The second-order valence-electron chi connectivity index (χ2n) is 9.98. The molecule has 5 heterocycles. The fourth-order valence-corrected chi connectivity index (χ4v) is 6.09. The smallest absolute Gasteiger partial charge is 0.151 e. The number of fused-ring (bicyclic) bond motifs is 3. The van der Waals surface area contributed by atoms with Gasteiger partial charge in [0, 0.05) is 49.4 Å². The molecule has 0 aliphatic carbocycles. The number of piperidine rings is 1. The van der Waals surface area contributed by atoms with Crippen molar-refractivity contribution in [2.75, 3.05) is 38.1 Å². The van der Waals surface area contributed by atoms with E-state index in [1.807, 2.05) is 18.3 Å². The van der Waals surface area contributed by atoms with Gasteiger partial charge in [0.15, 0.2) is 5.82 Å². The van der Waals surface area contributed by atoms with E-state index >= 15 is 0 Å². The Bertz CT molecular complexity index is 1150. The molecule has 2 fully saturated rings. The Balaban J connectivity index is 0.00000127. The zero-order chi connectivity index (χ0) is 23.1. The zero-order valence-electron chi connectivity index (χ0n) is 21.0. The van der Waals surface area contributed by atoms with E-state index < -0.39 is 0 Å². The van der Waals surface area contributed by atoms with E-state index in [1.54, 1.807) is 0 Å². The van der Waals surface area contributed by atoms with Gasteiger partial charge in [0.05, 0.1) is 12.2 Å². The van der Waals surface area contributed by atoms with Gasteiger partial charge in [-0.3, -0.25) is 9.47 Å². The third-order valence-electron chi connectivity index (χ3n) is 7.77. The fourth-order valence-electron chi connectivity index (χ4n) is 5.90. The molecule has 3 aliphatic rings. The van der Waals surface area contributed by atoms with E-state index in [9.17, 15) is 0 Å². The van der Waals surface area contributed by atoms with Crippen molar-refractivity contribution in [2.45, 2.75) is 50.7 Å². The highest BCUT2D eigenvalue weighted by molar-refractivity contribution is 6.30. The standard InChI is InChI=1S/C26H32ClN7.3ClH/c1-31-12-4-5-22(31)17-32-16-20-15-21(27)7-8-23(20)34-25(18-32)29-30-26(34)19-9-13-33(14-10-19)24-6-2-3-11-28-24;;;/h2-3,6-8,11,15,19,22H,4-5,9-10,12-14,16-18H2,1H3;3*1H/t22-;;;/m0.../s1. The second kappa shape index (κ2) is 13.0. The molecule has 11 heteroatoms. The summed E-state index contributed by atoms with van der Waals surface area (Å²) in [5.41, 5.74) is 2.45. The van der Waals surface area contributed by atoms with Crippen LogP contribution in [0.5, 0.6) is 0 Å². The Hall–Kier alpha value is -1.61. The molecule has 0 unspecified atom stereocenters. The van der Waals surface area contributed by atoms with Gasteiger partial charge in [-0.05, 0) is 75.2 Å². The topological polar surface area (TPSA) is 53.3 Å². The second-order valence-corrected chi connectivity index (χ2v) is 10.4. The summed E-state index contributed by atoms with van der Waals surface area (Å²) in [5, 5.41) is 10.3. The summed E-state index contributed by atoms with van der Waals surface area (Å²) in [6.45, 7) is 5.91. The Morgan fingerprint density at radius 1 is 0.946 bits per heavy atom. The molecule has 0 amide bonds. The molecule has 202 valence electrons. The van der Waals surface area contributed by atoms with Gasteiger partial charge in [0.2, 0.25) is 0 Å². The Kier molecular flexibility index (Phi) is 10.5. The molecule has 0 spiro atoms. The molecule has 2 aromatic heterocycles. The average Bonchev–Trinajstić information content (AvgIpc) is 3.42. The number of likely N-dealkylation sites (tertiary alicyclic amines) is 1. The number of halogens is 4. The minimum absolute atomic E-state index is 0. The van der Waals surface area contributed by atoms with Crippen LogP contribution in [-0.4, -0.2) is 68.8 Å². The van der Waals surface area contributed by atoms with Gasteiger partial charge in [-0.25, -0.2) is 4.98 Å². The Labute approximate surface area is 242 Å². The predicted octanol–water partition coefficient (Wildman–Crippen LogP) is 5.37. The molecular weight excluding hydrogens is 552 g/mol. The number of benzene rings is 1. The van der Waals surface area contributed by atoms with Gasteiger partial charge >= 0.3 is 0 Å².